The molecule has 194 valence electrons. The highest BCUT2D eigenvalue weighted by Crippen LogP contribution is 2.28. The molecule has 9 nitrogen and oxygen atoms in total. The van der Waals surface area contributed by atoms with Crippen LogP contribution in [0.25, 0.3) is 0 Å². The minimum atomic E-state index is -1.64. The van der Waals surface area contributed by atoms with E-state index in [4.69, 9.17) is 9.26 Å². The second-order valence-corrected chi connectivity index (χ2v) is 10.1. The molecule has 1 fully saturated rings. The fraction of sp³-hybridized carbons (Fsp3) is 0.640. The highest BCUT2D eigenvalue weighted by molar-refractivity contribution is 5.96. The van der Waals surface area contributed by atoms with E-state index in [0.717, 1.165) is 44.3 Å². The van der Waals surface area contributed by atoms with Crippen molar-refractivity contribution in [2.24, 2.45) is 5.92 Å². The third kappa shape index (κ3) is 7.14. The number of aromatic nitrogens is 2. The second-order valence-electron chi connectivity index (χ2n) is 10.1. The fourth-order valence-corrected chi connectivity index (χ4v) is 4.02. The first kappa shape index (κ1) is 26.9. The molecule has 0 atom stereocenters. The number of aryl methyl sites for hydroxylation is 1. The molecule has 2 aromatic rings. The Kier molecular flexibility index (Phi) is 8.71. The lowest BCUT2D eigenvalue weighted by Gasteiger charge is -2.30. The molecule has 1 amide bonds. The van der Waals surface area contributed by atoms with Gasteiger partial charge >= 0.3 is 0 Å². The minimum absolute atomic E-state index is 0.00413. The average molecular weight is 493 g/mol. The molecule has 1 aromatic carbocycles. The molecule has 35 heavy (non-hydrogen) atoms. The Bertz CT molecular complexity index is 978. The summed E-state index contributed by atoms with van der Waals surface area (Å²) in [5.41, 5.74) is -1.49. The summed E-state index contributed by atoms with van der Waals surface area (Å²) in [5.74, 6) is 1.39. The number of piperidine rings is 1. The Morgan fingerprint density at radius 1 is 1.26 bits per heavy atom. The number of hydrogen-bond acceptors (Lipinski definition) is 8. The van der Waals surface area contributed by atoms with Gasteiger partial charge in [-0.25, -0.2) is 4.39 Å². The molecule has 3 N–H and O–H groups in total. The number of ether oxygens (including phenoxy) is 1. The van der Waals surface area contributed by atoms with Crippen LogP contribution in [-0.4, -0.2) is 64.7 Å². The standard InChI is InChI=1S/C25H37FN4O5/c1-17-14-19(7-8-20(17)21(33)28-25(4,15-31)16-32)34-13-5-6-18-9-11-30(12-10-18)23-27-22(35-29-23)24(2,3)26/h7-8,14,18,31-32H,5-6,9-13,15-16H2,1-4H3,(H,28,33). The smallest absolute Gasteiger partial charge is 0.266 e. The highest BCUT2D eigenvalue weighted by atomic mass is 19.1. The summed E-state index contributed by atoms with van der Waals surface area (Å²) in [6, 6.07) is 5.27. The number of anilines is 1. The first-order valence-corrected chi connectivity index (χ1v) is 12.1. The number of aliphatic hydroxyl groups excluding tert-OH is 2. The van der Waals surface area contributed by atoms with Crippen LogP contribution in [0, 0.1) is 12.8 Å². The van der Waals surface area contributed by atoms with Crippen LogP contribution in [0.5, 0.6) is 5.75 Å². The predicted molar refractivity (Wildman–Crippen MR) is 129 cm³/mol. The zero-order chi connectivity index (χ0) is 25.6. The van der Waals surface area contributed by atoms with E-state index >= 15 is 0 Å². The normalized spacial score (nSPS) is 15.3. The lowest BCUT2D eigenvalue weighted by molar-refractivity contribution is 0.0723. The summed E-state index contributed by atoms with van der Waals surface area (Å²) in [7, 11) is 0. The van der Waals surface area contributed by atoms with E-state index < -0.39 is 11.2 Å². The third-order valence-corrected chi connectivity index (χ3v) is 6.40. The summed E-state index contributed by atoms with van der Waals surface area (Å²) >= 11 is 0. The van der Waals surface area contributed by atoms with Gasteiger partial charge in [-0.2, -0.15) is 4.98 Å². The van der Waals surface area contributed by atoms with Gasteiger partial charge in [0.05, 0.1) is 25.4 Å². The Morgan fingerprint density at radius 3 is 2.51 bits per heavy atom. The number of nitrogens with one attached hydrogen (secondary N) is 1. The molecule has 0 radical (unpaired) electrons. The lowest BCUT2D eigenvalue weighted by atomic mass is 9.92. The van der Waals surface area contributed by atoms with Gasteiger partial charge in [-0.3, -0.25) is 4.79 Å². The Morgan fingerprint density at radius 2 is 1.94 bits per heavy atom. The van der Waals surface area contributed by atoms with E-state index in [1.54, 1.807) is 19.1 Å². The van der Waals surface area contributed by atoms with E-state index in [0.29, 0.717) is 29.8 Å². The minimum Gasteiger partial charge on any atom is -0.494 e. The van der Waals surface area contributed by atoms with Crippen LogP contribution in [0.15, 0.2) is 22.7 Å². The van der Waals surface area contributed by atoms with Gasteiger partial charge in [0.25, 0.3) is 17.7 Å². The summed E-state index contributed by atoms with van der Waals surface area (Å²) < 4.78 is 24.9. The number of carbonyl (C=O) groups is 1. The molecule has 2 heterocycles. The zero-order valence-corrected chi connectivity index (χ0v) is 21.0. The Labute approximate surface area is 205 Å². The molecular weight excluding hydrogens is 455 g/mol. The lowest BCUT2D eigenvalue weighted by Crippen LogP contribution is -2.51. The molecule has 0 aliphatic carbocycles. The largest absolute Gasteiger partial charge is 0.494 e. The third-order valence-electron chi connectivity index (χ3n) is 6.40. The number of aliphatic hydroxyl groups is 2. The van der Waals surface area contributed by atoms with Gasteiger partial charge in [0.15, 0.2) is 5.67 Å². The van der Waals surface area contributed by atoms with Crippen LogP contribution in [0.4, 0.5) is 10.3 Å². The number of benzene rings is 1. The number of nitrogens with zero attached hydrogens (tertiary/aromatic N) is 3. The van der Waals surface area contributed by atoms with Crippen molar-refractivity contribution in [2.75, 3.05) is 37.8 Å². The molecule has 1 aliphatic heterocycles. The number of carbonyl (C=O) groups excluding carboxylic acids is 1. The predicted octanol–water partition coefficient (Wildman–Crippen LogP) is 3.13. The molecule has 10 heteroatoms. The van der Waals surface area contributed by atoms with Crippen molar-refractivity contribution in [2.45, 2.75) is 64.6 Å². The Hall–Kier alpha value is -2.72. The van der Waals surface area contributed by atoms with Gasteiger partial charge in [-0.1, -0.05) is 0 Å². The van der Waals surface area contributed by atoms with Crippen LogP contribution >= 0.6 is 0 Å². The summed E-state index contributed by atoms with van der Waals surface area (Å²) in [5, 5.41) is 25.4. The molecule has 0 bridgehead atoms. The number of alkyl halides is 1. The van der Waals surface area contributed by atoms with Crippen molar-refractivity contribution < 1.29 is 28.7 Å². The van der Waals surface area contributed by atoms with Crippen molar-refractivity contribution in [1.82, 2.24) is 15.5 Å². The molecule has 0 spiro atoms. The van der Waals surface area contributed by atoms with E-state index in [2.05, 4.69) is 15.5 Å². The number of halogens is 1. The summed E-state index contributed by atoms with van der Waals surface area (Å²) in [6.07, 6.45) is 3.97. The van der Waals surface area contributed by atoms with Crippen LogP contribution < -0.4 is 15.0 Å². The van der Waals surface area contributed by atoms with Gasteiger partial charge in [-0.15, -0.1) is 0 Å². The van der Waals surface area contributed by atoms with Gasteiger partial charge in [0.1, 0.15) is 5.75 Å². The van der Waals surface area contributed by atoms with Gasteiger partial charge < -0.3 is 29.7 Å². The number of hydrogen-bond donors (Lipinski definition) is 3. The second kappa shape index (κ2) is 11.3. The van der Waals surface area contributed by atoms with Gasteiger partial charge in [0.2, 0.25) is 0 Å². The Balaban J connectivity index is 1.40. The zero-order valence-electron chi connectivity index (χ0n) is 21.0. The van der Waals surface area contributed by atoms with Gasteiger partial charge in [-0.05, 0) is 88.2 Å². The molecule has 3 rings (SSSR count). The van der Waals surface area contributed by atoms with E-state index in [1.807, 2.05) is 17.9 Å². The van der Waals surface area contributed by atoms with E-state index in [-0.39, 0.29) is 25.0 Å². The number of rotatable bonds is 11. The number of amides is 1. The first-order valence-electron chi connectivity index (χ1n) is 12.1. The van der Waals surface area contributed by atoms with Crippen molar-refractivity contribution in [3.05, 3.63) is 35.2 Å². The molecule has 1 aromatic heterocycles. The SMILES string of the molecule is Cc1cc(OCCCC2CCN(c3noc(C(C)(C)F)n3)CC2)ccc1C(=O)NC(C)(CO)CO. The average Bonchev–Trinajstić information content (AvgIpc) is 3.33. The maximum absolute atomic E-state index is 14.0. The molecule has 0 saturated carbocycles. The van der Waals surface area contributed by atoms with Crippen molar-refractivity contribution in [3.8, 4) is 5.75 Å². The topological polar surface area (TPSA) is 121 Å². The molecule has 0 unspecified atom stereocenters. The van der Waals surface area contributed by atoms with Crippen LogP contribution in [-0.2, 0) is 5.67 Å². The first-order chi connectivity index (χ1) is 16.5. The quantitative estimate of drug-likeness (QED) is 0.409. The molecule has 1 saturated heterocycles. The molecule has 1 aliphatic rings. The van der Waals surface area contributed by atoms with E-state index in [1.165, 1.54) is 13.8 Å². The monoisotopic (exact) mass is 492 g/mol. The van der Waals surface area contributed by atoms with Crippen molar-refractivity contribution >= 4 is 11.9 Å². The van der Waals surface area contributed by atoms with Crippen LogP contribution in [0.3, 0.4) is 0 Å². The van der Waals surface area contributed by atoms with Crippen molar-refractivity contribution in [1.29, 1.82) is 0 Å². The van der Waals surface area contributed by atoms with Crippen LogP contribution in [0.2, 0.25) is 0 Å². The van der Waals surface area contributed by atoms with Gasteiger partial charge in [0, 0.05) is 18.7 Å². The highest BCUT2D eigenvalue weighted by Gasteiger charge is 2.29. The van der Waals surface area contributed by atoms with Crippen LogP contribution in [0.1, 0.15) is 68.3 Å². The fourth-order valence-electron chi connectivity index (χ4n) is 4.02. The maximum atomic E-state index is 14.0. The summed E-state index contributed by atoms with van der Waals surface area (Å²) in [6.45, 7) is 7.70. The molecular formula is C25H37FN4O5. The van der Waals surface area contributed by atoms with Crippen molar-refractivity contribution in [3.63, 3.8) is 0 Å². The maximum Gasteiger partial charge on any atom is 0.266 e. The van der Waals surface area contributed by atoms with E-state index in [9.17, 15) is 19.4 Å². The summed E-state index contributed by atoms with van der Waals surface area (Å²) in [4.78, 5) is 18.7.